The van der Waals surface area contributed by atoms with Gasteiger partial charge in [-0.05, 0) is 82.0 Å². The Balaban J connectivity index is 1.11. The molecular weight excluding hydrogens is 384 g/mol. The monoisotopic (exact) mass is 424 g/mol. The summed E-state index contributed by atoms with van der Waals surface area (Å²) >= 11 is 0. The van der Waals surface area contributed by atoms with E-state index >= 15 is 0 Å². The molecule has 2 saturated heterocycles. The van der Waals surface area contributed by atoms with Crippen LogP contribution in [0, 0.1) is 5.41 Å². The van der Waals surface area contributed by atoms with Gasteiger partial charge in [-0.25, -0.2) is 4.98 Å². The highest BCUT2D eigenvalue weighted by molar-refractivity contribution is 5.94. The highest BCUT2D eigenvalue weighted by atomic mass is 16.1. The molecule has 1 N–H and O–H groups in total. The van der Waals surface area contributed by atoms with Crippen LogP contribution in [0.2, 0.25) is 0 Å². The Bertz CT molecular complexity index is 718. The first-order valence-corrected chi connectivity index (χ1v) is 13.0. The number of carbonyl (C=O) groups is 1. The van der Waals surface area contributed by atoms with Gasteiger partial charge in [0.25, 0.3) is 5.91 Å². The first-order valence-electron chi connectivity index (χ1n) is 13.0. The van der Waals surface area contributed by atoms with Gasteiger partial charge < -0.3 is 15.1 Å². The maximum Gasteiger partial charge on any atom is 0.253 e. The van der Waals surface area contributed by atoms with Crippen LogP contribution in [0.3, 0.4) is 0 Å². The number of rotatable bonds is 4. The average Bonchev–Trinajstić information content (AvgIpc) is 3.04. The largest absolute Gasteiger partial charge is 0.357 e. The molecule has 1 aromatic heterocycles. The number of hydrogen-bond donors (Lipinski definition) is 1. The van der Waals surface area contributed by atoms with Gasteiger partial charge in [-0.1, -0.05) is 32.1 Å². The van der Waals surface area contributed by atoms with Crippen LogP contribution in [0.15, 0.2) is 18.3 Å². The summed E-state index contributed by atoms with van der Waals surface area (Å²) in [4.78, 5) is 22.5. The lowest BCUT2D eigenvalue weighted by atomic mass is 9.70. The fourth-order valence-electron chi connectivity index (χ4n) is 6.23. The number of piperidine rings is 2. The summed E-state index contributed by atoms with van der Waals surface area (Å²) in [5, 5.41) is 3.24. The molecule has 170 valence electrons. The first-order chi connectivity index (χ1) is 15.2. The fourth-order valence-corrected chi connectivity index (χ4v) is 6.23. The third-order valence-corrected chi connectivity index (χ3v) is 8.80. The van der Waals surface area contributed by atoms with E-state index in [1.165, 1.54) is 83.7 Å². The topological polar surface area (TPSA) is 48.5 Å². The second kappa shape index (κ2) is 9.48. The van der Waals surface area contributed by atoms with E-state index in [9.17, 15) is 4.79 Å². The molecule has 0 atom stereocenters. The van der Waals surface area contributed by atoms with Crippen molar-refractivity contribution in [2.45, 2.75) is 95.6 Å². The smallest absolute Gasteiger partial charge is 0.253 e. The van der Waals surface area contributed by atoms with Crippen molar-refractivity contribution in [1.82, 2.24) is 15.2 Å². The standard InChI is InChI=1S/C26H40N4O/c31-25(28-22-6-3-1-2-4-7-22)21-10-11-24(27-20-21)30-18-14-26(15-19-30)12-16-29(17-13-26)23-8-5-9-23/h10-11,20,22-23H,1-9,12-19H2,(H,28,31). The van der Waals surface area contributed by atoms with Crippen molar-refractivity contribution in [2.75, 3.05) is 31.1 Å². The highest BCUT2D eigenvalue weighted by Crippen LogP contribution is 2.43. The normalized spacial score (nSPS) is 25.7. The number of hydrogen-bond acceptors (Lipinski definition) is 4. The van der Waals surface area contributed by atoms with Crippen molar-refractivity contribution in [3.05, 3.63) is 23.9 Å². The quantitative estimate of drug-likeness (QED) is 0.708. The summed E-state index contributed by atoms with van der Waals surface area (Å²) in [6.07, 6.45) is 18.7. The number of nitrogens with one attached hydrogen (secondary N) is 1. The van der Waals surface area contributed by atoms with Crippen molar-refractivity contribution in [3.63, 3.8) is 0 Å². The molecule has 0 bridgehead atoms. The lowest BCUT2D eigenvalue weighted by Gasteiger charge is -2.50. The summed E-state index contributed by atoms with van der Waals surface area (Å²) in [6.45, 7) is 4.83. The third kappa shape index (κ3) is 4.92. The second-order valence-corrected chi connectivity index (χ2v) is 10.7. The van der Waals surface area contributed by atoms with Gasteiger partial charge in [0.15, 0.2) is 0 Å². The number of aromatic nitrogens is 1. The van der Waals surface area contributed by atoms with Crippen LogP contribution in [-0.2, 0) is 0 Å². The number of carbonyl (C=O) groups excluding carboxylic acids is 1. The van der Waals surface area contributed by atoms with Crippen LogP contribution in [0.1, 0.15) is 93.8 Å². The van der Waals surface area contributed by atoms with E-state index in [4.69, 9.17) is 0 Å². The Hall–Kier alpha value is -1.62. The minimum Gasteiger partial charge on any atom is -0.357 e. The number of amides is 1. The minimum absolute atomic E-state index is 0.0433. The van der Waals surface area contributed by atoms with E-state index in [2.05, 4.69) is 26.2 Å². The Kier molecular flexibility index (Phi) is 6.49. The lowest BCUT2D eigenvalue weighted by Crippen LogP contribution is -2.51. The third-order valence-electron chi connectivity index (χ3n) is 8.80. The molecule has 3 heterocycles. The molecule has 31 heavy (non-hydrogen) atoms. The molecule has 4 fully saturated rings. The molecule has 0 radical (unpaired) electrons. The van der Waals surface area contributed by atoms with Crippen LogP contribution in [0.25, 0.3) is 0 Å². The highest BCUT2D eigenvalue weighted by Gasteiger charge is 2.39. The van der Waals surface area contributed by atoms with Crippen molar-refractivity contribution >= 4 is 11.7 Å². The fraction of sp³-hybridized carbons (Fsp3) is 0.769. The van der Waals surface area contributed by atoms with Gasteiger partial charge in [-0.3, -0.25) is 4.79 Å². The summed E-state index contributed by atoms with van der Waals surface area (Å²) in [5.41, 5.74) is 1.26. The van der Waals surface area contributed by atoms with E-state index < -0.39 is 0 Å². The van der Waals surface area contributed by atoms with Crippen LogP contribution in [0.5, 0.6) is 0 Å². The van der Waals surface area contributed by atoms with Crippen LogP contribution >= 0.6 is 0 Å². The van der Waals surface area contributed by atoms with Crippen molar-refractivity contribution < 1.29 is 4.79 Å². The van der Waals surface area contributed by atoms with Gasteiger partial charge >= 0.3 is 0 Å². The second-order valence-electron chi connectivity index (χ2n) is 10.7. The van der Waals surface area contributed by atoms with Gasteiger partial charge in [-0.15, -0.1) is 0 Å². The van der Waals surface area contributed by atoms with Crippen molar-refractivity contribution in [3.8, 4) is 0 Å². The molecule has 2 aliphatic carbocycles. The van der Waals surface area contributed by atoms with Crippen molar-refractivity contribution in [1.29, 1.82) is 0 Å². The average molecular weight is 425 g/mol. The molecule has 1 aromatic rings. The van der Waals surface area contributed by atoms with E-state index in [0.29, 0.717) is 17.0 Å². The summed E-state index contributed by atoms with van der Waals surface area (Å²) in [5.74, 6) is 1.08. The SMILES string of the molecule is O=C(NC1CCCCCC1)c1ccc(N2CCC3(CC2)CCN(C2CCC2)CC3)nc1. The molecule has 4 aliphatic rings. The van der Waals surface area contributed by atoms with Crippen LogP contribution in [0.4, 0.5) is 5.82 Å². The predicted molar refractivity (Wildman–Crippen MR) is 126 cm³/mol. The summed E-state index contributed by atoms with van der Waals surface area (Å²) in [7, 11) is 0. The molecule has 1 spiro atoms. The molecule has 5 nitrogen and oxygen atoms in total. The van der Waals surface area contributed by atoms with E-state index in [0.717, 1.165) is 37.8 Å². The molecule has 1 amide bonds. The number of nitrogens with zero attached hydrogens (tertiary/aromatic N) is 3. The van der Waals surface area contributed by atoms with Crippen molar-refractivity contribution in [2.24, 2.45) is 5.41 Å². The van der Waals surface area contributed by atoms with E-state index in [1.807, 2.05) is 6.07 Å². The Labute approximate surface area is 188 Å². The van der Waals surface area contributed by atoms with Gasteiger partial charge in [0, 0.05) is 31.4 Å². The zero-order valence-corrected chi connectivity index (χ0v) is 19.2. The van der Waals surface area contributed by atoms with Gasteiger partial charge in [0.2, 0.25) is 0 Å². The van der Waals surface area contributed by atoms with E-state index in [-0.39, 0.29) is 5.91 Å². The zero-order chi connectivity index (χ0) is 21.1. The van der Waals surface area contributed by atoms with Crippen LogP contribution in [-0.4, -0.2) is 54.1 Å². The number of pyridine rings is 1. The zero-order valence-electron chi connectivity index (χ0n) is 19.2. The van der Waals surface area contributed by atoms with Gasteiger partial charge in [-0.2, -0.15) is 0 Å². The molecular formula is C26H40N4O. The van der Waals surface area contributed by atoms with E-state index in [1.54, 1.807) is 6.20 Å². The first kappa shape index (κ1) is 21.2. The maximum atomic E-state index is 12.6. The minimum atomic E-state index is 0.0433. The Morgan fingerprint density at radius 2 is 1.55 bits per heavy atom. The maximum absolute atomic E-state index is 12.6. The van der Waals surface area contributed by atoms with Crippen LogP contribution < -0.4 is 10.2 Å². The number of anilines is 1. The molecule has 2 aliphatic heterocycles. The summed E-state index contributed by atoms with van der Waals surface area (Å²) in [6, 6.07) is 5.26. The Morgan fingerprint density at radius 1 is 0.871 bits per heavy atom. The Morgan fingerprint density at radius 3 is 2.13 bits per heavy atom. The molecule has 0 aromatic carbocycles. The van der Waals surface area contributed by atoms with Gasteiger partial charge in [0.05, 0.1) is 5.56 Å². The lowest BCUT2D eigenvalue weighted by molar-refractivity contribution is 0.0305. The molecule has 5 rings (SSSR count). The molecule has 2 saturated carbocycles. The van der Waals surface area contributed by atoms with Gasteiger partial charge in [0.1, 0.15) is 5.82 Å². The number of likely N-dealkylation sites (tertiary alicyclic amines) is 1. The molecule has 0 unspecified atom stereocenters. The molecule has 5 heteroatoms. The predicted octanol–water partition coefficient (Wildman–Crippen LogP) is 4.77. The summed E-state index contributed by atoms with van der Waals surface area (Å²) < 4.78 is 0.